The van der Waals surface area contributed by atoms with E-state index in [-0.39, 0.29) is 12.5 Å². The molecule has 0 unspecified atom stereocenters. The fourth-order valence-electron chi connectivity index (χ4n) is 2.31. The van der Waals surface area contributed by atoms with Gasteiger partial charge < -0.3 is 10.1 Å². The lowest BCUT2D eigenvalue weighted by molar-refractivity contribution is -0.118. The Bertz CT molecular complexity index is 642. The molecule has 0 atom stereocenters. The van der Waals surface area contributed by atoms with Gasteiger partial charge in [0, 0.05) is 5.69 Å². The molecule has 1 fully saturated rings. The van der Waals surface area contributed by atoms with Crippen LogP contribution >= 0.6 is 23.5 Å². The zero-order chi connectivity index (χ0) is 15.9. The van der Waals surface area contributed by atoms with Gasteiger partial charge in [-0.15, -0.1) is 23.5 Å². The van der Waals surface area contributed by atoms with Gasteiger partial charge in [0.15, 0.2) is 6.61 Å². The van der Waals surface area contributed by atoms with Crippen LogP contribution < -0.4 is 10.1 Å². The summed E-state index contributed by atoms with van der Waals surface area (Å²) in [6.45, 7) is 0.0150. The van der Waals surface area contributed by atoms with E-state index in [1.807, 2.05) is 66.0 Å². The van der Waals surface area contributed by atoms with E-state index >= 15 is 0 Å². The van der Waals surface area contributed by atoms with E-state index in [2.05, 4.69) is 17.4 Å². The molecule has 1 amide bonds. The average Bonchev–Trinajstić information content (AvgIpc) is 2.62. The van der Waals surface area contributed by atoms with Gasteiger partial charge in [-0.25, -0.2) is 0 Å². The normalized spacial score (nSPS) is 15.1. The summed E-state index contributed by atoms with van der Waals surface area (Å²) in [4.78, 5) is 12.0. The number of thioether (sulfide) groups is 2. The SMILES string of the molecule is O=C(COc1ccccc1)Nc1cccc(C2SCCCS2)c1. The lowest BCUT2D eigenvalue weighted by Gasteiger charge is -2.21. The van der Waals surface area contributed by atoms with Gasteiger partial charge in [-0.1, -0.05) is 30.3 Å². The Hall–Kier alpha value is -1.59. The maximum atomic E-state index is 12.0. The quantitative estimate of drug-likeness (QED) is 0.861. The molecule has 5 heteroatoms. The molecule has 23 heavy (non-hydrogen) atoms. The van der Waals surface area contributed by atoms with Crippen molar-refractivity contribution in [3.05, 3.63) is 60.2 Å². The number of nitrogens with one attached hydrogen (secondary N) is 1. The number of ether oxygens (including phenoxy) is 1. The van der Waals surface area contributed by atoms with Crippen LogP contribution in [-0.2, 0) is 4.79 Å². The first-order valence-electron chi connectivity index (χ1n) is 7.62. The Morgan fingerprint density at radius 2 is 1.87 bits per heavy atom. The largest absolute Gasteiger partial charge is 0.484 e. The number of anilines is 1. The van der Waals surface area contributed by atoms with Gasteiger partial charge in [-0.05, 0) is 47.8 Å². The van der Waals surface area contributed by atoms with Crippen LogP contribution in [0.2, 0.25) is 0 Å². The van der Waals surface area contributed by atoms with Crippen molar-refractivity contribution in [3.63, 3.8) is 0 Å². The molecule has 1 heterocycles. The van der Waals surface area contributed by atoms with Crippen molar-refractivity contribution < 1.29 is 9.53 Å². The van der Waals surface area contributed by atoms with Crippen molar-refractivity contribution in [2.75, 3.05) is 23.4 Å². The zero-order valence-electron chi connectivity index (χ0n) is 12.7. The highest BCUT2D eigenvalue weighted by molar-refractivity contribution is 8.16. The van der Waals surface area contributed by atoms with E-state index < -0.39 is 0 Å². The third kappa shape index (κ3) is 4.94. The average molecular weight is 345 g/mol. The van der Waals surface area contributed by atoms with Crippen LogP contribution in [0.4, 0.5) is 5.69 Å². The van der Waals surface area contributed by atoms with Crippen LogP contribution in [0.15, 0.2) is 54.6 Å². The molecular weight excluding hydrogens is 326 g/mol. The van der Waals surface area contributed by atoms with Crippen LogP contribution in [0.25, 0.3) is 0 Å². The molecule has 0 spiro atoms. The van der Waals surface area contributed by atoms with Crippen LogP contribution in [0.5, 0.6) is 5.75 Å². The minimum absolute atomic E-state index is 0.0150. The predicted octanol–water partition coefficient (Wildman–Crippen LogP) is 4.57. The third-order valence-electron chi connectivity index (χ3n) is 3.38. The molecule has 0 bridgehead atoms. The highest BCUT2D eigenvalue weighted by atomic mass is 32.2. The second-order valence-corrected chi connectivity index (χ2v) is 7.93. The smallest absolute Gasteiger partial charge is 0.262 e. The van der Waals surface area contributed by atoms with Gasteiger partial charge in [-0.2, -0.15) is 0 Å². The van der Waals surface area contributed by atoms with Crippen LogP contribution in [0.1, 0.15) is 16.6 Å². The summed E-state index contributed by atoms with van der Waals surface area (Å²) in [7, 11) is 0. The molecule has 0 aliphatic carbocycles. The number of para-hydroxylation sites is 1. The molecule has 3 nitrogen and oxygen atoms in total. The van der Waals surface area contributed by atoms with Crippen molar-refractivity contribution in [2.24, 2.45) is 0 Å². The van der Waals surface area contributed by atoms with Gasteiger partial charge in [0.1, 0.15) is 5.75 Å². The monoisotopic (exact) mass is 345 g/mol. The molecule has 0 aromatic heterocycles. The molecule has 1 aliphatic heterocycles. The van der Waals surface area contributed by atoms with Gasteiger partial charge in [0.2, 0.25) is 0 Å². The van der Waals surface area contributed by atoms with Crippen molar-refractivity contribution in [1.29, 1.82) is 0 Å². The molecule has 2 aromatic rings. The summed E-state index contributed by atoms with van der Waals surface area (Å²) in [5.74, 6) is 2.97. The lowest BCUT2D eigenvalue weighted by Crippen LogP contribution is -2.20. The summed E-state index contributed by atoms with van der Waals surface area (Å²) in [6.07, 6.45) is 1.28. The lowest BCUT2D eigenvalue weighted by atomic mass is 10.2. The van der Waals surface area contributed by atoms with Crippen molar-refractivity contribution >= 4 is 35.1 Å². The third-order valence-corrected chi connectivity index (χ3v) is 6.40. The molecule has 0 radical (unpaired) electrons. The topological polar surface area (TPSA) is 38.3 Å². The maximum Gasteiger partial charge on any atom is 0.262 e. The molecule has 1 N–H and O–H groups in total. The number of carbonyl (C=O) groups excluding carboxylic acids is 1. The fourth-order valence-corrected chi connectivity index (χ4v) is 5.18. The summed E-state index contributed by atoms with van der Waals surface area (Å²) in [5, 5.41) is 2.91. The van der Waals surface area contributed by atoms with Crippen LogP contribution in [0.3, 0.4) is 0 Å². The summed E-state index contributed by atoms with van der Waals surface area (Å²) >= 11 is 3.95. The first-order valence-corrected chi connectivity index (χ1v) is 9.72. The molecular formula is C18H19NO2S2. The molecule has 120 valence electrons. The highest BCUT2D eigenvalue weighted by Crippen LogP contribution is 2.43. The first-order chi connectivity index (χ1) is 11.3. The summed E-state index contributed by atoms with van der Waals surface area (Å²) in [5.41, 5.74) is 2.09. The Balaban J connectivity index is 1.55. The zero-order valence-corrected chi connectivity index (χ0v) is 14.4. The predicted molar refractivity (Wildman–Crippen MR) is 99.3 cm³/mol. The molecule has 0 saturated carbocycles. The second-order valence-electron chi connectivity index (χ2n) is 5.20. The number of carbonyl (C=O) groups is 1. The van der Waals surface area contributed by atoms with E-state index in [9.17, 15) is 4.79 Å². The minimum Gasteiger partial charge on any atom is -0.484 e. The Labute approximate surface area is 145 Å². The molecule has 1 aliphatic rings. The van der Waals surface area contributed by atoms with Gasteiger partial charge >= 0.3 is 0 Å². The molecule has 1 saturated heterocycles. The second kappa shape index (κ2) is 8.31. The summed E-state index contributed by atoms with van der Waals surface area (Å²) in [6, 6.07) is 17.5. The van der Waals surface area contributed by atoms with Gasteiger partial charge in [0.25, 0.3) is 5.91 Å². The van der Waals surface area contributed by atoms with Crippen molar-refractivity contribution in [1.82, 2.24) is 0 Å². The van der Waals surface area contributed by atoms with Gasteiger partial charge in [-0.3, -0.25) is 4.79 Å². The van der Waals surface area contributed by atoms with Crippen molar-refractivity contribution in [3.8, 4) is 5.75 Å². The van der Waals surface area contributed by atoms with E-state index in [0.717, 1.165) is 5.69 Å². The first kappa shape index (κ1) is 16.3. The number of hydrogen-bond acceptors (Lipinski definition) is 4. The number of benzene rings is 2. The standard InChI is InChI=1S/C18H19NO2S2/c20-17(13-21-16-8-2-1-3-9-16)19-15-7-4-6-14(12-15)18-22-10-5-11-23-18/h1-4,6-9,12,18H,5,10-11,13H2,(H,19,20). The number of rotatable bonds is 5. The van der Waals surface area contributed by atoms with Crippen LogP contribution in [-0.4, -0.2) is 24.0 Å². The van der Waals surface area contributed by atoms with E-state index in [0.29, 0.717) is 10.3 Å². The Morgan fingerprint density at radius 1 is 1.09 bits per heavy atom. The highest BCUT2D eigenvalue weighted by Gasteiger charge is 2.17. The van der Waals surface area contributed by atoms with Crippen molar-refractivity contribution in [2.45, 2.75) is 11.0 Å². The Kier molecular flexibility index (Phi) is 5.88. The maximum absolute atomic E-state index is 12.0. The Morgan fingerprint density at radius 3 is 2.65 bits per heavy atom. The summed E-state index contributed by atoms with van der Waals surface area (Å²) < 4.78 is 5.94. The van der Waals surface area contributed by atoms with E-state index in [4.69, 9.17) is 4.74 Å². The van der Waals surface area contributed by atoms with E-state index in [1.165, 1.54) is 23.5 Å². The van der Waals surface area contributed by atoms with Crippen LogP contribution in [0, 0.1) is 0 Å². The number of hydrogen-bond donors (Lipinski definition) is 1. The number of amides is 1. The van der Waals surface area contributed by atoms with E-state index in [1.54, 1.807) is 0 Å². The minimum atomic E-state index is -0.144. The molecule has 3 rings (SSSR count). The van der Waals surface area contributed by atoms with Gasteiger partial charge in [0.05, 0.1) is 4.58 Å². The fraction of sp³-hybridized carbons (Fsp3) is 0.278. The molecule has 2 aromatic carbocycles.